The predicted molar refractivity (Wildman–Crippen MR) is 77.8 cm³/mol. The largest absolute Gasteiger partial charge is 0.492 e. The monoisotopic (exact) mass is 264 g/mol. The number of ether oxygens (including phenoxy) is 1. The lowest BCUT2D eigenvalue weighted by Gasteiger charge is -2.10. The van der Waals surface area contributed by atoms with E-state index in [4.69, 9.17) is 4.74 Å². The van der Waals surface area contributed by atoms with E-state index < -0.39 is 0 Å². The topological polar surface area (TPSA) is 25.4 Å². The van der Waals surface area contributed by atoms with Gasteiger partial charge in [0.05, 0.1) is 15.2 Å². The molecule has 0 fully saturated rings. The minimum atomic E-state index is 0.487. The molecule has 0 spiro atoms. The molecule has 0 amide bonds. The van der Waals surface area contributed by atoms with Crippen molar-refractivity contribution < 1.29 is 4.74 Å². The number of likely N-dealkylation sites (N-methyl/N-ethyl adjacent to an activating group) is 1. The molecule has 0 N–H and O–H groups in total. The van der Waals surface area contributed by atoms with Crippen LogP contribution in [0.25, 0.3) is 10.2 Å². The summed E-state index contributed by atoms with van der Waals surface area (Å²) in [6, 6.07) is 6.14. The molecule has 0 saturated heterocycles. The highest BCUT2D eigenvalue weighted by Gasteiger charge is 2.08. The summed E-state index contributed by atoms with van der Waals surface area (Å²) < 4.78 is 6.94. The third kappa shape index (κ3) is 3.21. The summed E-state index contributed by atoms with van der Waals surface area (Å²) in [6.07, 6.45) is 0. The molecular formula is C14H20N2OS. The fourth-order valence-corrected chi connectivity index (χ4v) is 2.60. The van der Waals surface area contributed by atoms with Gasteiger partial charge in [-0.2, -0.15) is 0 Å². The number of nitrogens with zero attached hydrogens (tertiary/aromatic N) is 2. The highest BCUT2D eigenvalue weighted by atomic mass is 32.1. The third-order valence-corrected chi connectivity index (χ3v) is 4.00. The number of rotatable bonds is 5. The maximum Gasteiger partial charge on any atom is 0.120 e. The van der Waals surface area contributed by atoms with E-state index in [2.05, 4.69) is 29.8 Å². The number of benzene rings is 1. The van der Waals surface area contributed by atoms with Crippen LogP contribution in [-0.2, 0) is 0 Å². The van der Waals surface area contributed by atoms with Crippen molar-refractivity contribution in [2.45, 2.75) is 19.8 Å². The second kappa shape index (κ2) is 5.67. The summed E-state index contributed by atoms with van der Waals surface area (Å²) in [4.78, 5) is 6.73. The van der Waals surface area contributed by atoms with E-state index in [9.17, 15) is 0 Å². The second-order valence-corrected chi connectivity index (χ2v) is 6.05. The van der Waals surface area contributed by atoms with Gasteiger partial charge >= 0.3 is 0 Å². The van der Waals surface area contributed by atoms with E-state index in [1.807, 2.05) is 26.2 Å². The highest BCUT2D eigenvalue weighted by Crippen LogP contribution is 2.29. The molecule has 98 valence electrons. The summed E-state index contributed by atoms with van der Waals surface area (Å²) in [6.45, 7) is 5.99. The van der Waals surface area contributed by atoms with Crippen LogP contribution in [0.4, 0.5) is 0 Å². The summed E-state index contributed by atoms with van der Waals surface area (Å²) in [5.74, 6) is 1.42. The first-order valence-electron chi connectivity index (χ1n) is 6.24. The quantitative estimate of drug-likeness (QED) is 0.828. The number of thiazole rings is 1. The Balaban J connectivity index is 2.11. The van der Waals surface area contributed by atoms with Gasteiger partial charge in [-0.25, -0.2) is 4.98 Å². The van der Waals surface area contributed by atoms with Gasteiger partial charge in [-0.1, -0.05) is 13.8 Å². The smallest absolute Gasteiger partial charge is 0.120 e. The zero-order valence-electron chi connectivity index (χ0n) is 11.4. The molecule has 18 heavy (non-hydrogen) atoms. The molecule has 2 rings (SSSR count). The fourth-order valence-electron chi connectivity index (χ4n) is 1.61. The van der Waals surface area contributed by atoms with Gasteiger partial charge in [0, 0.05) is 12.5 Å². The van der Waals surface area contributed by atoms with Crippen LogP contribution >= 0.6 is 11.3 Å². The number of fused-ring (bicyclic) bond motifs is 1. The molecule has 4 heteroatoms. The van der Waals surface area contributed by atoms with Crippen LogP contribution in [0.5, 0.6) is 5.75 Å². The summed E-state index contributed by atoms with van der Waals surface area (Å²) in [5, 5.41) is 1.19. The molecule has 0 radical (unpaired) electrons. The van der Waals surface area contributed by atoms with Crippen molar-refractivity contribution in [1.82, 2.24) is 9.88 Å². The molecule has 3 nitrogen and oxygen atoms in total. The van der Waals surface area contributed by atoms with Gasteiger partial charge in [0.25, 0.3) is 0 Å². The maximum atomic E-state index is 5.73. The zero-order valence-corrected chi connectivity index (χ0v) is 12.3. The Morgan fingerprint density at radius 1 is 1.33 bits per heavy atom. The average Bonchev–Trinajstić information content (AvgIpc) is 2.71. The van der Waals surface area contributed by atoms with Crippen molar-refractivity contribution >= 4 is 21.6 Å². The van der Waals surface area contributed by atoms with E-state index >= 15 is 0 Å². The summed E-state index contributed by atoms with van der Waals surface area (Å²) >= 11 is 1.76. The van der Waals surface area contributed by atoms with Crippen molar-refractivity contribution in [3.05, 3.63) is 23.2 Å². The Morgan fingerprint density at radius 3 is 2.78 bits per heavy atom. The Labute approximate surface area is 112 Å². The lowest BCUT2D eigenvalue weighted by molar-refractivity contribution is 0.261. The molecule has 0 bridgehead atoms. The van der Waals surface area contributed by atoms with Gasteiger partial charge in [-0.05, 0) is 32.3 Å². The molecule has 0 unspecified atom stereocenters. The van der Waals surface area contributed by atoms with Crippen LogP contribution in [0.2, 0.25) is 0 Å². The van der Waals surface area contributed by atoms with Crippen molar-refractivity contribution in [3.63, 3.8) is 0 Å². The van der Waals surface area contributed by atoms with Gasteiger partial charge in [-0.15, -0.1) is 11.3 Å². The van der Waals surface area contributed by atoms with Crippen LogP contribution in [-0.4, -0.2) is 37.1 Å². The summed E-state index contributed by atoms with van der Waals surface area (Å²) in [5.41, 5.74) is 1.07. The van der Waals surface area contributed by atoms with Gasteiger partial charge in [-0.3, -0.25) is 0 Å². The Kier molecular flexibility index (Phi) is 4.19. The second-order valence-electron chi connectivity index (χ2n) is 4.99. The molecule has 1 aromatic heterocycles. The van der Waals surface area contributed by atoms with E-state index in [1.54, 1.807) is 11.3 Å². The van der Waals surface area contributed by atoms with Crippen LogP contribution in [0.1, 0.15) is 24.8 Å². The first-order valence-corrected chi connectivity index (χ1v) is 7.06. The van der Waals surface area contributed by atoms with E-state index in [0.717, 1.165) is 17.8 Å². The molecule has 1 aromatic carbocycles. The van der Waals surface area contributed by atoms with Crippen LogP contribution in [0.3, 0.4) is 0 Å². The lowest BCUT2D eigenvalue weighted by Crippen LogP contribution is -2.19. The molecule has 2 aromatic rings. The number of aromatic nitrogens is 1. The van der Waals surface area contributed by atoms with Crippen molar-refractivity contribution in [2.75, 3.05) is 27.2 Å². The fraction of sp³-hybridized carbons (Fsp3) is 0.500. The molecule has 1 heterocycles. The summed E-state index contributed by atoms with van der Waals surface area (Å²) in [7, 11) is 4.09. The molecule has 0 aliphatic heterocycles. The van der Waals surface area contributed by atoms with E-state index in [1.165, 1.54) is 9.71 Å². The van der Waals surface area contributed by atoms with Crippen molar-refractivity contribution in [3.8, 4) is 5.75 Å². The van der Waals surface area contributed by atoms with Gasteiger partial charge in [0.2, 0.25) is 0 Å². The van der Waals surface area contributed by atoms with Crippen LogP contribution < -0.4 is 4.74 Å². The SMILES string of the molecule is CC(C)c1nc2ccc(OCCN(C)C)cc2s1. The van der Waals surface area contributed by atoms with Crippen LogP contribution in [0, 0.1) is 0 Å². The predicted octanol–water partition coefficient (Wildman–Crippen LogP) is 3.36. The van der Waals surface area contributed by atoms with Crippen LogP contribution in [0.15, 0.2) is 18.2 Å². The van der Waals surface area contributed by atoms with E-state index in [0.29, 0.717) is 12.5 Å². The zero-order chi connectivity index (χ0) is 13.1. The first-order chi connectivity index (χ1) is 8.56. The van der Waals surface area contributed by atoms with Crippen molar-refractivity contribution in [2.24, 2.45) is 0 Å². The van der Waals surface area contributed by atoms with Crippen molar-refractivity contribution in [1.29, 1.82) is 0 Å². The Hall–Kier alpha value is -1.13. The van der Waals surface area contributed by atoms with Gasteiger partial charge in [0.1, 0.15) is 12.4 Å². The van der Waals surface area contributed by atoms with Gasteiger partial charge < -0.3 is 9.64 Å². The lowest BCUT2D eigenvalue weighted by atomic mass is 10.2. The van der Waals surface area contributed by atoms with Gasteiger partial charge in [0.15, 0.2) is 0 Å². The molecule has 0 aliphatic rings. The minimum absolute atomic E-state index is 0.487. The number of hydrogen-bond acceptors (Lipinski definition) is 4. The Morgan fingerprint density at radius 2 is 2.11 bits per heavy atom. The number of hydrogen-bond donors (Lipinski definition) is 0. The highest BCUT2D eigenvalue weighted by molar-refractivity contribution is 7.18. The van der Waals surface area contributed by atoms with E-state index in [-0.39, 0.29) is 0 Å². The standard InChI is InChI=1S/C14H20N2OS/c1-10(2)14-15-12-6-5-11(9-13(12)18-14)17-8-7-16(3)4/h5-6,9-10H,7-8H2,1-4H3. The molecule has 0 aliphatic carbocycles. The first kappa shape index (κ1) is 13.3. The normalized spacial score (nSPS) is 11.7. The maximum absolute atomic E-state index is 5.73. The molecule has 0 atom stereocenters. The molecule has 0 saturated carbocycles. The Bertz CT molecular complexity index is 519. The molecular weight excluding hydrogens is 244 g/mol. The minimum Gasteiger partial charge on any atom is -0.492 e. The third-order valence-electron chi connectivity index (χ3n) is 2.68. The average molecular weight is 264 g/mol.